The van der Waals surface area contributed by atoms with Gasteiger partial charge in [0.2, 0.25) is 0 Å². The molecule has 2 aromatic carbocycles. The number of nitrogens with one attached hydrogen (secondary N) is 1. The molecule has 3 nitrogen and oxygen atoms in total. The lowest BCUT2D eigenvalue weighted by atomic mass is 10.0. The second-order valence-corrected chi connectivity index (χ2v) is 8.25. The first-order chi connectivity index (χ1) is 12.7. The van der Waals surface area contributed by atoms with Gasteiger partial charge in [0.1, 0.15) is 17.5 Å². The highest BCUT2D eigenvalue weighted by Gasteiger charge is 2.21. The zero-order valence-electron chi connectivity index (χ0n) is 14.1. The smallest absolute Gasteiger partial charge is 0.266 e. The van der Waals surface area contributed by atoms with Gasteiger partial charge in [-0.2, -0.15) is 0 Å². The number of benzene rings is 2. The van der Waals surface area contributed by atoms with E-state index in [-0.39, 0.29) is 5.56 Å². The normalized spacial score (nSPS) is 12.6. The van der Waals surface area contributed by atoms with Crippen molar-refractivity contribution in [2.45, 2.75) is 26.3 Å². The minimum absolute atomic E-state index is 0.134. The third-order valence-electron chi connectivity index (χ3n) is 4.05. The fraction of sp³-hybridized carbons (Fsp3) is 0.222. The lowest BCUT2D eigenvalue weighted by Gasteiger charge is -2.19. The minimum Gasteiger partial charge on any atom is -0.363 e. The Bertz CT molecular complexity index is 1030. The molecule has 0 spiro atoms. The van der Waals surface area contributed by atoms with Crippen LogP contribution in [0.25, 0.3) is 10.9 Å². The zero-order valence-corrected chi connectivity index (χ0v) is 18.6. The number of aromatic nitrogens is 2. The number of halogens is 6. The van der Waals surface area contributed by atoms with Crippen LogP contribution in [0.5, 0.6) is 0 Å². The molecule has 0 bridgehead atoms. The van der Waals surface area contributed by atoms with Gasteiger partial charge in [-0.15, -0.1) is 0 Å². The molecule has 9 heteroatoms. The number of hydrogen-bond acceptors (Lipinski definition) is 3. The molecule has 27 heavy (non-hydrogen) atoms. The molecule has 0 aliphatic rings. The molecule has 1 heterocycles. The SMILES string of the molecule is Cc1nc(NC(C)c2cccc(C(F)F)c2F)c2cc(I)c(Br)c(Cl)c2n1. The third kappa shape index (κ3) is 4.02. The zero-order chi connectivity index (χ0) is 19.9. The van der Waals surface area contributed by atoms with Crippen molar-refractivity contribution in [1.82, 2.24) is 9.97 Å². The molecule has 1 aromatic heterocycles. The highest BCUT2D eigenvalue weighted by Crippen LogP contribution is 2.37. The molecular formula is C18H13BrClF3IN3. The summed E-state index contributed by atoms with van der Waals surface area (Å²) in [7, 11) is 0. The Labute approximate surface area is 181 Å². The maximum Gasteiger partial charge on any atom is 0.266 e. The van der Waals surface area contributed by atoms with Crippen LogP contribution in [-0.4, -0.2) is 9.97 Å². The van der Waals surface area contributed by atoms with Crippen molar-refractivity contribution < 1.29 is 13.2 Å². The number of anilines is 1. The summed E-state index contributed by atoms with van der Waals surface area (Å²) >= 11 is 12.0. The van der Waals surface area contributed by atoms with Crippen LogP contribution in [0, 0.1) is 16.3 Å². The highest BCUT2D eigenvalue weighted by molar-refractivity contribution is 14.1. The Balaban J connectivity index is 2.08. The van der Waals surface area contributed by atoms with Gasteiger partial charge in [-0.3, -0.25) is 0 Å². The van der Waals surface area contributed by atoms with Crippen molar-refractivity contribution in [3.63, 3.8) is 0 Å². The molecule has 0 fully saturated rings. The molecule has 3 rings (SSSR count). The van der Waals surface area contributed by atoms with Gasteiger partial charge in [0.15, 0.2) is 0 Å². The van der Waals surface area contributed by atoms with Crippen LogP contribution in [0.4, 0.5) is 19.0 Å². The lowest BCUT2D eigenvalue weighted by Crippen LogP contribution is -2.12. The van der Waals surface area contributed by atoms with Gasteiger partial charge in [0.25, 0.3) is 6.43 Å². The van der Waals surface area contributed by atoms with Crippen molar-refractivity contribution in [2.75, 3.05) is 5.32 Å². The first kappa shape index (κ1) is 20.6. The first-order valence-electron chi connectivity index (χ1n) is 7.85. The van der Waals surface area contributed by atoms with Gasteiger partial charge in [-0.25, -0.2) is 23.1 Å². The van der Waals surface area contributed by atoms with Gasteiger partial charge >= 0.3 is 0 Å². The van der Waals surface area contributed by atoms with Gasteiger partial charge < -0.3 is 5.32 Å². The van der Waals surface area contributed by atoms with Crippen molar-refractivity contribution >= 4 is 66.8 Å². The van der Waals surface area contributed by atoms with Crippen LogP contribution in [0.3, 0.4) is 0 Å². The van der Waals surface area contributed by atoms with E-state index in [0.717, 1.165) is 14.1 Å². The molecule has 0 aliphatic carbocycles. The standard InChI is InChI=1S/C18H13BrClF3IN3/c1-7(9-4-3-5-10(15(9)21)17(22)23)25-18-11-6-12(24)13(19)14(20)16(11)26-8(2)27-18/h3-7,17H,1-2H3,(H,25,26,27). The summed E-state index contributed by atoms with van der Waals surface area (Å²) in [6, 6.07) is 5.23. The summed E-state index contributed by atoms with van der Waals surface area (Å²) in [4.78, 5) is 8.78. The average Bonchev–Trinajstić information content (AvgIpc) is 2.60. The van der Waals surface area contributed by atoms with Crippen LogP contribution in [-0.2, 0) is 0 Å². The first-order valence-corrected chi connectivity index (χ1v) is 10.1. The minimum atomic E-state index is -2.88. The van der Waals surface area contributed by atoms with Crippen molar-refractivity contribution in [2.24, 2.45) is 0 Å². The topological polar surface area (TPSA) is 37.8 Å². The second-order valence-electron chi connectivity index (χ2n) is 5.92. The number of aryl methyl sites for hydroxylation is 1. The van der Waals surface area contributed by atoms with Crippen LogP contribution < -0.4 is 5.32 Å². The van der Waals surface area contributed by atoms with Gasteiger partial charge in [0.05, 0.1) is 26.6 Å². The molecule has 1 unspecified atom stereocenters. The molecule has 1 N–H and O–H groups in total. The van der Waals surface area contributed by atoms with Gasteiger partial charge in [-0.05, 0) is 58.4 Å². The summed E-state index contributed by atoms with van der Waals surface area (Å²) in [6.07, 6.45) is -2.88. The Morgan fingerprint density at radius 2 is 1.89 bits per heavy atom. The highest BCUT2D eigenvalue weighted by atomic mass is 127. The number of alkyl halides is 2. The quantitative estimate of drug-likeness (QED) is 0.266. The summed E-state index contributed by atoms with van der Waals surface area (Å²) in [5.41, 5.74) is 0.0643. The second kappa shape index (κ2) is 8.08. The van der Waals surface area contributed by atoms with Gasteiger partial charge in [-0.1, -0.05) is 29.8 Å². The molecule has 0 radical (unpaired) electrons. The average molecular weight is 571 g/mol. The molecule has 0 aliphatic heterocycles. The molecule has 0 saturated carbocycles. The van der Waals surface area contributed by atoms with E-state index in [9.17, 15) is 13.2 Å². The lowest BCUT2D eigenvalue weighted by molar-refractivity contribution is 0.146. The van der Waals surface area contributed by atoms with Crippen LogP contribution >= 0.6 is 50.1 Å². The summed E-state index contributed by atoms with van der Waals surface area (Å²) in [5.74, 6) is 0.0196. The van der Waals surface area contributed by atoms with E-state index in [1.165, 1.54) is 12.1 Å². The largest absolute Gasteiger partial charge is 0.363 e. The summed E-state index contributed by atoms with van der Waals surface area (Å²) in [5, 5.41) is 4.22. The van der Waals surface area contributed by atoms with E-state index in [4.69, 9.17) is 11.6 Å². The number of nitrogens with zero attached hydrogens (tertiary/aromatic N) is 2. The van der Waals surface area contributed by atoms with Crippen molar-refractivity contribution in [3.8, 4) is 0 Å². The number of hydrogen-bond donors (Lipinski definition) is 1. The third-order valence-corrected chi connectivity index (χ3v) is 7.06. The maximum absolute atomic E-state index is 14.5. The fourth-order valence-electron chi connectivity index (χ4n) is 2.75. The number of rotatable bonds is 4. The monoisotopic (exact) mass is 569 g/mol. The van der Waals surface area contributed by atoms with Crippen LogP contribution in [0.1, 0.15) is 36.3 Å². The van der Waals surface area contributed by atoms with E-state index in [2.05, 4.69) is 53.8 Å². The molecule has 3 aromatic rings. The molecule has 0 amide bonds. The fourth-order valence-corrected chi connectivity index (χ4v) is 4.04. The van der Waals surface area contributed by atoms with Crippen LogP contribution in [0.15, 0.2) is 28.7 Å². The van der Waals surface area contributed by atoms with E-state index in [1.807, 2.05) is 6.07 Å². The molecule has 142 valence electrons. The van der Waals surface area contributed by atoms with E-state index in [0.29, 0.717) is 27.6 Å². The predicted molar refractivity (Wildman–Crippen MR) is 113 cm³/mol. The van der Waals surface area contributed by atoms with Crippen molar-refractivity contribution in [1.29, 1.82) is 0 Å². The summed E-state index contributed by atoms with van der Waals surface area (Å²) in [6.45, 7) is 3.40. The molecular weight excluding hydrogens is 557 g/mol. The summed E-state index contributed by atoms with van der Waals surface area (Å²) < 4.78 is 42.0. The molecule has 1 atom stereocenters. The van der Waals surface area contributed by atoms with Gasteiger partial charge in [0, 0.05) is 14.5 Å². The van der Waals surface area contributed by atoms with Crippen LogP contribution in [0.2, 0.25) is 5.02 Å². The Morgan fingerprint density at radius 1 is 1.22 bits per heavy atom. The predicted octanol–water partition coefficient (Wildman–Crippen LogP) is 7.21. The Morgan fingerprint density at radius 3 is 2.56 bits per heavy atom. The Kier molecular flexibility index (Phi) is 6.17. The van der Waals surface area contributed by atoms with E-state index in [1.54, 1.807) is 13.8 Å². The van der Waals surface area contributed by atoms with E-state index < -0.39 is 23.8 Å². The number of fused-ring (bicyclic) bond motifs is 1. The molecule has 0 saturated heterocycles. The Hall–Kier alpha value is -1.13. The van der Waals surface area contributed by atoms with E-state index >= 15 is 0 Å². The maximum atomic E-state index is 14.5. The van der Waals surface area contributed by atoms with Crippen molar-refractivity contribution in [3.05, 3.63) is 60.1 Å².